The molecule has 1 unspecified atom stereocenters. The molecule has 21 heavy (non-hydrogen) atoms. The summed E-state index contributed by atoms with van der Waals surface area (Å²) in [7, 11) is 3.43. The molecular weight excluding hydrogens is 292 g/mol. The first kappa shape index (κ1) is 15.0. The number of thiophene rings is 1. The summed E-state index contributed by atoms with van der Waals surface area (Å²) in [5, 5.41) is 13.5. The number of amides is 2. The van der Waals surface area contributed by atoms with Crippen LogP contribution in [0, 0.1) is 0 Å². The van der Waals surface area contributed by atoms with Gasteiger partial charge in [-0.25, -0.2) is 14.6 Å². The third-order valence-corrected chi connectivity index (χ3v) is 3.93. The van der Waals surface area contributed by atoms with E-state index in [0.29, 0.717) is 11.4 Å². The molecule has 0 aliphatic carbocycles. The third-order valence-electron chi connectivity index (χ3n) is 2.99. The van der Waals surface area contributed by atoms with E-state index in [1.807, 2.05) is 7.05 Å². The van der Waals surface area contributed by atoms with Gasteiger partial charge in [0.05, 0.1) is 6.54 Å². The zero-order chi connectivity index (χ0) is 15.4. The van der Waals surface area contributed by atoms with E-state index in [2.05, 4.69) is 10.3 Å². The van der Waals surface area contributed by atoms with Gasteiger partial charge < -0.3 is 19.9 Å². The second-order valence-corrected chi connectivity index (χ2v) is 5.53. The summed E-state index contributed by atoms with van der Waals surface area (Å²) in [6.45, 7) is 0.298. The van der Waals surface area contributed by atoms with Crippen LogP contribution in [0.1, 0.15) is 16.7 Å². The minimum absolute atomic E-state index is 0.298. The molecule has 7 nitrogen and oxygen atoms in total. The van der Waals surface area contributed by atoms with Gasteiger partial charge in [0.2, 0.25) is 0 Å². The number of urea groups is 1. The van der Waals surface area contributed by atoms with Gasteiger partial charge in [0, 0.05) is 31.4 Å². The van der Waals surface area contributed by atoms with Crippen LogP contribution in [0.5, 0.6) is 0 Å². The Bertz CT molecular complexity index is 623. The molecule has 0 spiro atoms. The highest BCUT2D eigenvalue weighted by molar-refractivity contribution is 7.10. The molecule has 2 aromatic rings. The molecular formula is C13H16N4O3S. The van der Waals surface area contributed by atoms with Crippen LogP contribution in [0.25, 0.3) is 0 Å². The summed E-state index contributed by atoms with van der Waals surface area (Å²) < 4.78 is 1.80. The van der Waals surface area contributed by atoms with Crippen molar-refractivity contribution in [1.29, 1.82) is 0 Å². The SMILES string of the molecule is CN(Cc1nccn1C)C(=O)NC(C(=O)O)c1cccs1. The summed E-state index contributed by atoms with van der Waals surface area (Å²) in [6, 6.07) is 1.93. The van der Waals surface area contributed by atoms with Gasteiger partial charge in [0.15, 0.2) is 6.04 Å². The third kappa shape index (κ3) is 3.60. The number of aromatic nitrogens is 2. The molecule has 8 heteroatoms. The van der Waals surface area contributed by atoms with Crippen molar-refractivity contribution in [3.8, 4) is 0 Å². The number of imidazole rings is 1. The number of carbonyl (C=O) groups excluding carboxylic acids is 1. The smallest absolute Gasteiger partial charge is 0.331 e. The molecule has 0 bridgehead atoms. The fourth-order valence-electron chi connectivity index (χ4n) is 1.78. The van der Waals surface area contributed by atoms with Crippen LogP contribution >= 0.6 is 11.3 Å². The average Bonchev–Trinajstić information content (AvgIpc) is 3.08. The molecule has 0 aliphatic rings. The van der Waals surface area contributed by atoms with E-state index in [1.54, 1.807) is 41.5 Å². The van der Waals surface area contributed by atoms with Crippen LogP contribution in [-0.2, 0) is 18.4 Å². The van der Waals surface area contributed by atoms with Gasteiger partial charge in [-0.1, -0.05) is 6.07 Å². The number of rotatable bonds is 5. The average molecular weight is 308 g/mol. The maximum absolute atomic E-state index is 12.1. The van der Waals surface area contributed by atoms with Gasteiger partial charge in [-0.05, 0) is 11.4 Å². The number of carboxylic acids is 1. The Morgan fingerprint density at radius 1 is 1.57 bits per heavy atom. The molecule has 0 aliphatic heterocycles. The number of hydrogen-bond acceptors (Lipinski definition) is 4. The van der Waals surface area contributed by atoms with Crippen LogP contribution in [0.2, 0.25) is 0 Å². The lowest BCUT2D eigenvalue weighted by Crippen LogP contribution is -2.41. The molecule has 0 saturated heterocycles. The van der Waals surface area contributed by atoms with Crippen molar-refractivity contribution < 1.29 is 14.7 Å². The highest BCUT2D eigenvalue weighted by atomic mass is 32.1. The monoisotopic (exact) mass is 308 g/mol. The first-order valence-electron chi connectivity index (χ1n) is 6.23. The molecule has 0 fully saturated rings. The number of nitrogens with one attached hydrogen (secondary N) is 1. The van der Waals surface area contributed by atoms with Crippen molar-refractivity contribution in [2.75, 3.05) is 7.05 Å². The largest absolute Gasteiger partial charge is 0.479 e. The van der Waals surface area contributed by atoms with Gasteiger partial charge in [0.1, 0.15) is 5.82 Å². The molecule has 2 aromatic heterocycles. The Hall–Kier alpha value is -2.35. The lowest BCUT2D eigenvalue weighted by Gasteiger charge is -2.20. The normalized spacial score (nSPS) is 11.9. The van der Waals surface area contributed by atoms with Crippen LogP contribution in [0.4, 0.5) is 4.79 Å². The summed E-state index contributed by atoms with van der Waals surface area (Å²) in [6.07, 6.45) is 3.43. The number of aryl methyl sites for hydroxylation is 1. The minimum atomic E-state index is -1.09. The van der Waals surface area contributed by atoms with Crippen molar-refractivity contribution in [1.82, 2.24) is 19.8 Å². The number of hydrogen-bond donors (Lipinski definition) is 2. The Kier molecular flexibility index (Phi) is 4.59. The fourth-order valence-corrected chi connectivity index (χ4v) is 2.54. The fraction of sp³-hybridized carbons (Fsp3) is 0.308. The van der Waals surface area contributed by atoms with Crippen LogP contribution in [-0.4, -0.2) is 38.6 Å². The van der Waals surface area contributed by atoms with Crippen molar-refractivity contribution >= 4 is 23.3 Å². The predicted molar refractivity (Wildman–Crippen MR) is 77.9 cm³/mol. The number of carbonyl (C=O) groups is 2. The molecule has 112 valence electrons. The van der Waals surface area contributed by atoms with E-state index in [1.165, 1.54) is 16.2 Å². The zero-order valence-corrected chi connectivity index (χ0v) is 12.5. The lowest BCUT2D eigenvalue weighted by molar-refractivity contribution is -0.139. The van der Waals surface area contributed by atoms with Crippen molar-refractivity contribution in [3.05, 3.63) is 40.6 Å². The Morgan fingerprint density at radius 2 is 2.33 bits per heavy atom. The standard InChI is InChI=1S/C13H16N4O3S/c1-16-6-5-14-10(16)8-17(2)13(20)15-11(12(18)19)9-4-3-7-21-9/h3-7,11H,8H2,1-2H3,(H,15,20)(H,18,19). The van der Waals surface area contributed by atoms with Gasteiger partial charge in [-0.2, -0.15) is 0 Å². The Balaban J connectivity index is 2.02. The molecule has 0 saturated carbocycles. The predicted octanol–water partition coefficient (Wildman–Crippen LogP) is 1.45. The van der Waals surface area contributed by atoms with Crippen LogP contribution < -0.4 is 5.32 Å². The number of carboxylic acid groups (broad SMARTS) is 1. The van der Waals surface area contributed by atoms with Crippen molar-refractivity contribution in [3.63, 3.8) is 0 Å². The molecule has 2 N–H and O–H groups in total. The quantitative estimate of drug-likeness (QED) is 0.875. The molecule has 1 atom stereocenters. The molecule has 2 rings (SSSR count). The molecule has 2 heterocycles. The second kappa shape index (κ2) is 6.40. The van der Waals surface area contributed by atoms with Gasteiger partial charge in [-0.3, -0.25) is 0 Å². The van der Waals surface area contributed by atoms with Crippen LogP contribution in [0.3, 0.4) is 0 Å². The lowest BCUT2D eigenvalue weighted by atomic mass is 10.2. The highest BCUT2D eigenvalue weighted by Gasteiger charge is 2.24. The van der Waals surface area contributed by atoms with E-state index < -0.39 is 18.0 Å². The van der Waals surface area contributed by atoms with Gasteiger partial charge in [0.25, 0.3) is 0 Å². The van der Waals surface area contributed by atoms with Crippen molar-refractivity contribution in [2.45, 2.75) is 12.6 Å². The Morgan fingerprint density at radius 3 is 2.86 bits per heavy atom. The maximum Gasteiger partial charge on any atom is 0.331 e. The first-order chi connectivity index (χ1) is 9.99. The number of aliphatic carboxylic acids is 1. The van der Waals surface area contributed by atoms with E-state index in [9.17, 15) is 14.7 Å². The first-order valence-corrected chi connectivity index (χ1v) is 7.11. The van der Waals surface area contributed by atoms with E-state index >= 15 is 0 Å². The summed E-state index contributed by atoms with van der Waals surface area (Å²) in [5.41, 5.74) is 0. The Labute approximate surface area is 125 Å². The van der Waals surface area contributed by atoms with Gasteiger partial charge in [-0.15, -0.1) is 11.3 Å². The van der Waals surface area contributed by atoms with E-state index in [4.69, 9.17) is 0 Å². The van der Waals surface area contributed by atoms with E-state index in [0.717, 1.165) is 5.82 Å². The zero-order valence-electron chi connectivity index (χ0n) is 11.7. The minimum Gasteiger partial charge on any atom is -0.479 e. The van der Waals surface area contributed by atoms with Crippen molar-refractivity contribution in [2.24, 2.45) is 7.05 Å². The topological polar surface area (TPSA) is 87.5 Å². The molecule has 0 radical (unpaired) electrons. The molecule has 0 aromatic carbocycles. The summed E-state index contributed by atoms with van der Waals surface area (Å²) >= 11 is 1.29. The number of nitrogens with zero attached hydrogens (tertiary/aromatic N) is 3. The summed E-state index contributed by atoms with van der Waals surface area (Å²) in [4.78, 5) is 29.5. The maximum atomic E-state index is 12.1. The molecule has 2 amide bonds. The van der Waals surface area contributed by atoms with E-state index in [-0.39, 0.29) is 0 Å². The highest BCUT2D eigenvalue weighted by Crippen LogP contribution is 2.19. The van der Waals surface area contributed by atoms with Crippen LogP contribution in [0.15, 0.2) is 29.9 Å². The summed E-state index contributed by atoms with van der Waals surface area (Å²) in [5.74, 6) is -0.369. The van der Waals surface area contributed by atoms with Gasteiger partial charge >= 0.3 is 12.0 Å². The second-order valence-electron chi connectivity index (χ2n) is 4.55.